The van der Waals surface area contributed by atoms with Gasteiger partial charge in [0, 0.05) is 12.5 Å². The van der Waals surface area contributed by atoms with Crippen LogP contribution in [0.15, 0.2) is 41.2 Å². The lowest BCUT2D eigenvalue weighted by Crippen LogP contribution is -2.24. The number of aryl methyl sites for hydroxylation is 2. The molecule has 4 rings (SSSR count). The third-order valence-electron chi connectivity index (χ3n) is 4.68. The number of hydrogen-bond donors (Lipinski definition) is 0. The molecule has 0 aliphatic carbocycles. The molecular weight excluding hydrogens is 347 g/mol. The zero-order chi connectivity index (χ0) is 19.1. The molecule has 0 aliphatic heterocycles. The van der Waals surface area contributed by atoms with Crippen LogP contribution >= 0.6 is 0 Å². The van der Waals surface area contributed by atoms with Crippen molar-refractivity contribution in [1.29, 1.82) is 0 Å². The summed E-state index contributed by atoms with van der Waals surface area (Å²) in [6.45, 7) is 4.13. The smallest absolute Gasteiger partial charge is 0.277 e. The Balaban J connectivity index is 2.08. The average molecular weight is 366 g/mol. The normalized spacial score (nSPS) is 11.4. The van der Waals surface area contributed by atoms with Crippen molar-refractivity contribution in [3.63, 3.8) is 0 Å². The third-order valence-corrected chi connectivity index (χ3v) is 4.68. The van der Waals surface area contributed by atoms with Crippen LogP contribution < -0.4 is 10.3 Å². The topological polar surface area (TPSA) is 61.4 Å². The molecule has 3 aromatic heterocycles. The number of nitrogens with zero attached hydrogens (tertiary/aromatic N) is 4. The number of hydrogen-bond acceptors (Lipinski definition) is 4. The van der Waals surface area contributed by atoms with E-state index in [1.165, 1.54) is 12.1 Å². The number of methoxy groups -OCH3 is 1. The van der Waals surface area contributed by atoms with Crippen LogP contribution in [0, 0.1) is 12.7 Å². The van der Waals surface area contributed by atoms with Crippen LogP contribution in [0.3, 0.4) is 0 Å². The highest BCUT2D eigenvalue weighted by atomic mass is 19.1. The molecule has 0 radical (unpaired) electrons. The average Bonchev–Trinajstić information content (AvgIpc) is 3.03. The van der Waals surface area contributed by atoms with Crippen molar-refractivity contribution in [3.8, 4) is 5.88 Å². The first-order valence-corrected chi connectivity index (χ1v) is 8.73. The minimum atomic E-state index is -0.308. The first kappa shape index (κ1) is 17.2. The molecule has 4 aromatic rings. The van der Waals surface area contributed by atoms with E-state index in [1.54, 1.807) is 29.9 Å². The van der Waals surface area contributed by atoms with E-state index < -0.39 is 0 Å². The van der Waals surface area contributed by atoms with Gasteiger partial charge in [0.2, 0.25) is 5.88 Å². The van der Waals surface area contributed by atoms with Crippen LogP contribution in [0.25, 0.3) is 16.7 Å². The maximum Gasteiger partial charge on any atom is 0.277 e. The highest BCUT2D eigenvalue weighted by Crippen LogP contribution is 2.21. The van der Waals surface area contributed by atoms with Crippen LogP contribution in [0.4, 0.5) is 4.39 Å². The lowest BCUT2D eigenvalue weighted by atomic mass is 10.2. The second kappa shape index (κ2) is 6.50. The monoisotopic (exact) mass is 366 g/mol. The number of halogens is 1. The molecule has 1 aromatic carbocycles. The van der Waals surface area contributed by atoms with Gasteiger partial charge in [-0.25, -0.2) is 9.37 Å². The minimum Gasteiger partial charge on any atom is -0.481 e. The van der Waals surface area contributed by atoms with Crippen molar-refractivity contribution in [1.82, 2.24) is 18.9 Å². The molecule has 0 aliphatic rings. The molecule has 0 saturated heterocycles. The van der Waals surface area contributed by atoms with Gasteiger partial charge in [0.25, 0.3) is 5.56 Å². The quantitative estimate of drug-likeness (QED) is 0.557. The fraction of sp³-hybridized carbons (Fsp3) is 0.250. The Kier molecular flexibility index (Phi) is 4.14. The zero-order valence-electron chi connectivity index (χ0n) is 15.4. The Hall–Kier alpha value is -3.22. The fourth-order valence-electron chi connectivity index (χ4n) is 3.38. The lowest BCUT2D eigenvalue weighted by Gasteiger charge is -2.14. The molecule has 0 spiro atoms. The SMILES string of the molecule is CCc1nc(C)c2c(=O)n(Cc3ccc(F)cc3)c3ccc(OC)nc3n12. The van der Waals surface area contributed by atoms with E-state index in [9.17, 15) is 9.18 Å². The molecule has 3 heterocycles. The maximum absolute atomic E-state index is 13.3. The first-order valence-electron chi connectivity index (χ1n) is 8.73. The van der Waals surface area contributed by atoms with Crippen molar-refractivity contribution in [2.75, 3.05) is 7.11 Å². The van der Waals surface area contributed by atoms with E-state index in [-0.39, 0.29) is 11.4 Å². The molecule has 27 heavy (non-hydrogen) atoms. The number of rotatable bonds is 4. The van der Waals surface area contributed by atoms with E-state index in [0.29, 0.717) is 41.2 Å². The number of fused-ring (bicyclic) bond motifs is 3. The number of pyridine rings is 1. The molecular formula is C20H19FN4O2. The number of ether oxygens (including phenoxy) is 1. The summed E-state index contributed by atoms with van der Waals surface area (Å²) in [5.41, 5.74) is 3.13. The Morgan fingerprint density at radius 1 is 1.11 bits per heavy atom. The predicted octanol–water partition coefficient (Wildman–Crippen LogP) is 3.11. The molecule has 7 heteroatoms. The second-order valence-electron chi connectivity index (χ2n) is 6.37. The van der Waals surface area contributed by atoms with Gasteiger partial charge in [0.15, 0.2) is 5.65 Å². The largest absolute Gasteiger partial charge is 0.481 e. The van der Waals surface area contributed by atoms with Gasteiger partial charge in [-0.15, -0.1) is 0 Å². The van der Waals surface area contributed by atoms with Gasteiger partial charge < -0.3 is 4.74 Å². The van der Waals surface area contributed by atoms with E-state index in [1.807, 2.05) is 24.3 Å². The van der Waals surface area contributed by atoms with Crippen LogP contribution in [0.1, 0.15) is 24.0 Å². The molecule has 0 fully saturated rings. The third kappa shape index (κ3) is 2.75. The van der Waals surface area contributed by atoms with Gasteiger partial charge in [0.05, 0.1) is 24.9 Å². The molecule has 0 atom stereocenters. The van der Waals surface area contributed by atoms with Crippen molar-refractivity contribution in [3.05, 3.63) is 69.7 Å². The van der Waals surface area contributed by atoms with Crippen molar-refractivity contribution in [2.24, 2.45) is 0 Å². The number of benzene rings is 1. The zero-order valence-corrected chi connectivity index (χ0v) is 15.4. The van der Waals surface area contributed by atoms with Crippen molar-refractivity contribution >= 4 is 16.7 Å². The Morgan fingerprint density at radius 2 is 1.85 bits per heavy atom. The standard InChI is InChI=1S/C20H19FN4O2/c1-4-16-22-12(2)18-20(26)24(11-13-5-7-14(21)8-6-13)15-9-10-17(27-3)23-19(15)25(16)18/h5-10H,4,11H2,1-3H3. The highest BCUT2D eigenvalue weighted by molar-refractivity contribution is 5.77. The van der Waals surface area contributed by atoms with Gasteiger partial charge >= 0.3 is 0 Å². The molecule has 0 unspecified atom stereocenters. The van der Waals surface area contributed by atoms with Gasteiger partial charge in [-0.2, -0.15) is 4.98 Å². The molecule has 0 N–H and O–H groups in total. The van der Waals surface area contributed by atoms with E-state index in [0.717, 1.165) is 11.4 Å². The summed E-state index contributed by atoms with van der Waals surface area (Å²) >= 11 is 0. The van der Waals surface area contributed by atoms with Crippen molar-refractivity contribution < 1.29 is 9.13 Å². The summed E-state index contributed by atoms with van der Waals surface area (Å²) in [6, 6.07) is 9.68. The Morgan fingerprint density at radius 3 is 2.52 bits per heavy atom. The van der Waals surface area contributed by atoms with E-state index in [4.69, 9.17) is 4.74 Å². The van der Waals surface area contributed by atoms with E-state index >= 15 is 0 Å². The fourth-order valence-corrected chi connectivity index (χ4v) is 3.38. The molecule has 6 nitrogen and oxygen atoms in total. The van der Waals surface area contributed by atoms with Gasteiger partial charge in [-0.3, -0.25) is 13.8 Å². The predicted molar refractivity (Wildman–Crippen MR) is 101 cm³/mol. The van der Waals surface area contributed by atoms with Crippen LogP contribution in [0.2, 0.25) is 0 Å². The van der Waals surface area contributed by atoms with Gasteiger partial charge in [-0.1, -0.05) is 19.1 Å². The minimum absolute atomic E-state index is 0.150. The van der Waals surface area contributed by atoms with Gasteiger partial charge in [0.1, 0.15) is 17.2 Å². The summed E-state index contributed by atoms with van der Waals surface area (Å²) in [5, 5.41) is 0. The summed E-state index contributed by atoms with van der Waals surface area (Å²) in [6.07, 6.45) is 0.671. The van der Waals surface area contributed by atoms with Crippen LogP contribution in [-0.2, 0) is 13.0 Å². The van der Waals surface area contributed by atoms with Gasteiger partial charge in [-0.05, 0) is 30.7 Å². The Bertz CT molecular complexity index is 1210. The maximum atomic E-state index is 13.3. The first-order chi connectivity index (χ1) is 13.0. The van der Waals surface area contributed by atoms with Crippen LogP contribution in [-0.4, -0.2) is 26.0 Å². The molecule has 0 saturated carbocycles. The van der Waals surface area contributed by atoms with Crippen LogP contribution in [0.5, 0.6) is 5.88 Å². The molecule has 0 bridgehead atoms. The highest BCUT2D eigenvalue weighted by Gasteiger charge is 2.19. The van der Waals surface area contributed by atoms with Crippen molar-refractivity contribution in [2.45, 2.75) is 26.8 Å². The summed E-state index contributed by atoms with van der Waals surface area (Å²) in [5.74, 6) is 0.931. The molecule has 0 amide bonds. The Labute approximate surface area is 154 Å². The lowest BCUT2D eigenvalue weighted by molar-refractivity contribution is 0.399. The summed E-state index contributed by atoms with van der Waals surface area (Å²) in [4.78, 5) is 22.4. The summed E-state index contributed by atoms with van der Waals surface area (Å²) < 4.78 is 22.0. The number of aromatic nitrogens is 4. The van der Waals surface area contributed by atoms with E-state index in [2.05, 4.69) is 9.97 Å². The molecule has 138 valence electrons. The summed E-state index contributed by atoms with van der Waals surface area (Å²) in [7, 11) is 1.56. The second-order valence-corrected chi connectivity index (χ2v) is 6.37. The number of imidazole rings is 1.